The first-order valence-corrected chi connectivity index (χ1v) is 7.20. The number of hydrogen-bond donors (Lipinski definition) is 0. The fraction of sp³-hybridized carbons (Fsp3) is 0.312. The topological polar surface area (TPSA) is 60.1 Å². The summed E-state index contributed by atoms with van der Waals surface area (Å²) in [6.45, 7) is 3.96. The summed E-state index contributed by atoms with van der Waals surface area (Å²) in [7, 11) is 3.43. The predicted molar refractivity (Wildman–Crippen MR) is 87.2 cm³/mol. The van der Waals surface area contributed by atoms with E-state index in [9.17, 15) is 9.59 Å². The average molecular weight is 298 g/mol. The van der Waals surface area contributed by atoms with Crippen molar-refractivity contribution in [2.45, 2.75) is 20.4 Å². The second kappa shape index (κ2) is 4.98. The van der Waals surface area contributed by atoms with Crippen molar-refractivity contribution in [1.82, 2.24) is 14.3 Å². The summed E-state index contributed by atoms with van der Waals surface area (Å²) in [4.78, 5) is 26.0. The third kappa shape index (κ3) is 1.83. The van der Waals surface area contributed by atoms with E-state index >= 15 is 0 Å². The lowest BCUT2D eigenvalue weighted by Gasteiger charge is -2.13. The van der Waals surface area contributed by atoms with Crippen LogP contribution in [0.4, 0.5) is 5.82 Å². The van der Waals surface area contributed by atoms with E-state index < -0.39 is 0 Å². The summed E-state index contributed by atoms with van der Waals surface area (Å²) in [5, 5.41) is 5.85. The lowest BCUT2D eigenvalue weighted by molar-refractivity contribution is -0.116. The highest BCUT2D eigenvalue weighted by atomic mass is 16.2. The number of pyridine rings is 1. The van der Waals surface area contributed by atoms with Gasteiger partial charge in [-0.2, -0.15) is 5.10 Å². The van der Waals surface area contributed by atoms with Crippen molar-refractivity contribution in [3.63, 3.8) is 0 Å². The highest BCUT2D eigenvalue weighted by molar-refractivity contribution is 6.10. The van der Waals surface area contributed by atoms with Crippen LogP contribution in [0.5, 0.6) is 0 Å². The first-order chi connectivity index (χ1) is 10.5. The Morgan fingerprint density at radius 2 is 2.00 bits per heavy atom. The molecule has 114 valence electrons. The lowest BCUT2D eigenvalue weighted by Crippen LogP contribution is -2.26. The third-order valence-corrected chi connectivity index (χ3v) is 4.04. The van der Waals surface area contributed by atoms with Gasteiger partial charge in [-0.15, -0.1) is 0 Å². The lowest BCUT2D eigenvalue weighted by atomic mass is 10.1. The molecule has 1 aromatic carbocycles. The summed E-state index contributed by atoms with van der Waals surface area (Å²) in [5.41, 5.74) is 1.52. The molecule has 0 saturated carbocycles. The zero-order valence-electron chi connectivity index (χ0n) is 13.1. The van der Waals surface area contributed by atoms with Crippen LogP contribution in [-0.2, 0) is 18.4 Å². The van der Waals surface area contributed by atoms with Crippen molar-refractivity contribution in [3.8, 4) is 0 Å². The van der Waals surface area contributed by atoms with Crippen molar-refractivity contribution in [1.29, 1.82) is 0 Å². The minimum atomic E-state index is -0.157. The minimum absolute atomic E-state index is 0.118. The van der Waals surface area contributed by atoms with Crippen LogP contribution < -0.4 is 10.5 Å². The van der Waals surface area contributed by atoms with Gasteiger partial charge in [0.15, 0.2) is 5.82 Å². The Hall–Kier alpha value is -2.63. The molecule has 3 rings (SSSR count). The van der Waals surface area contributed by atoms with Crippen molar-refractivity contribution >= 4 is 33.5 Å². The van der Waals surface area contributed by atoms with Crippen LogP contribution >= 0.6 is 0 Å². The van der Waals surface area contributed by atoms with E-state index in [1.807, 2.05) is 31.2 Å². The number of para-hydroxylation sites is 1. The van der Waals surface area contributed by atoms with Crippen LogP contribution in [0.3, 0.4) is 0 Å². The van der Waals surface area contributed by atoms with Gasteiger partial charge in [-0.05, 0) is 13.0 Å². The minimum Gasteiger partial charge on any atom is -0.308 e. The number of anilines is 1. The van der Waals surface area contributed by atoms with Gasteiger partial charge in [0.1, 0.15) is 5.39 Å². The Bertz CT molecular complexity index is 952. The molecular weight excluding hydrogens is 280 g/mol. The number of rotatable bonds is 2. The number of carbonyl (C=O) groups is 1. The Kier molecular flexibility index (Phi) is 3.24. The number of hydrogen-bond acceptors (Lipinski definition) is 3. The normalized spacial score (nSPS) is 11.3. The van der Waals surface area contributed by atoms with Crippen LogP contribution in [0.15, 0.2) is 29.1 Å². The molecule has 3 aromatic rings. The van der Waals surface area contributed by atoms with E-state index in [1.165, 1.54) is 11.8 Å². The molecule has 0 aliphatic rings. The van der Waals surface area contributed by atoms with Crippen LogP contribution in [0.1, 0.15) is 13.8 Å². The molecule has 0 N–H and O–H groups in total. The first kappa shape index (κ1) is 14.3. The zero-order valence-corrected chi connectivity index (χ0v) is 13.1. The molecule has 0 fully saturated rings. The van der Waals surface area contributed by atoms with Crippen molar-refractivity contribution < 1.29 is 4.79 Å². The number of benzene rings is 1. The van der Waals surface area contributed by atoms with E-state index in [1.54, 1.807) is 23.3 Å². The molecule has 2 aromatic heterocycles. The molecule has 2 heterocycles. The Balaban J connectivity index is 2.58. The van der Waals surface area contributed by atoms with Gasteiger partial charge < -0.3 is 4.57 Å². The van der Waals surface area contributed by atoms with Crippen molar-refractivity contribution in [2.24, 2.45) is 7.05 Å². The van der Waals surface area contributed by atoms with Crippen LogP contribution in [0.25, 0.3) is 21.8 Å². The van der Waals surface area contributed by atoms with Gasteiger partial charge >= 0.3 is 0 Å². The number of aryl methyl sites for hydroxylation is 2. The average Bonchev–Trinajstić information content (AvgIpc) is 2.85. The maximum absolute atomic E-state index is 12.9. The highest BCUT2D eigenvalue weighted by Crippen LogP contribution is 2.28. The molecule has 0 aliphatic carbocycles. The molecule has 6 nitrogen and oxygen atoms in total. The van der Waals surface area contributed by atoms with Crippen LogP contribution in [0.2, 0.25) is 0 Å². The Morgan fingerprint density at radius 3 is 2.64 bits per heavy atom. The number of aromatic nitrogens is 3. The molecule has 0 radical (unpaired) electrons. The summed E-state index contributed by atoms with van der Waals surface area (Å²) in [6.07, 6.45) is 0. The van der Waals surface area contributed by atoms with Gasteiger partial charge in [-0.25, -0.2) is 0 Å². The smallest absolute Gasteiger partial charge is 0.264 e. The van der Waals surface area contributed by atoms with E-state index in [0.29, 0.717) is 17.7 Å². The fourth-order valence-electron chi connectivity index (χ4n) is 2.87. The van der Waals surface area contributed by atoms with Crippen LogP contribution in [-0.4, -0.2) is 27.3 Å². The number of fused-ring (bicyclic) bond motifs is 3. The van der Waals surface area contributed by atoms with Crippen molar-refractivity contribution in [2.75, 3.05) is 11.9 Å². The standard InChI is InChI=1S/C16H18N4O2/c1-5-20-12-9-7-6-8-11(12)14-13(16(20)22)15(17-19(14)4)18(3)10(2)21/h6-9H,5H2,1-4H3. The van der Waals surface area contributed by atoms with Gasteiger partial charge in [0.05, 0.1) is 11.0 Å². The Labute approximate surface area is 127 Å². The monoisotopic (exact) mass is 298 g/mol. The van der Waals surface area contributed by atoms with Gasteiger partial charge in [0, 0.05) is 33.0 Å². The SMILES string of the molecule is CCn1c(=O)c2c(N(C)C(C)=O)nn(C)c2c2ccccc21. The first-order valence-electron chi connectivity index (χ1n) is 7.20. The van der Waals surface area contributed by atoms with Crippen LogP contribution in [0, 0.1) is 0 Å². The predicted octanol–water partition coefficient (Wildman–Crippen LogP) is 1.89. The molecule has 22 heavy (non-hydrogen) atoms. The number of nitrogens with zero attached hydrogens (tertiary/aromatic N) is 4. The summed E-state index contributed by atoms with van der Waals surface area (Å²) >= 11 is 0. The molecule has 0 spiro atoms. The van der Waals surface area contributed by atoms with E-state index in [4.69, 9.17) is 0 Å². The molecule has 0 bridgehead atoms. The quantitative estimate of drug-likeness (QED) is 0.726. The van der Waals surface area contributed by atoms with E-state index in [2.05, 4.69) is 5.10 Å². The maximum Gasteiger partial charge on any atom is 0.264 e. The Morgan fingerprint density at radius 1 is 1.32 bits per heavy atom. The van der Waals surface area contributed by atoms with Crippen molar-refractivity contribution in [3.05, 3.63) is 34.6 Å². The fourth-order valence-corrected chi connectivity index (χ4v) is 2.87. The second-order valence-electron chi connectivity index (χ2n) is 5.32. The molecule has 0 saturated heterocycles. The van der Waals surface area contributed by atoms with Gasteiger partial charge in [0.25, 0.3) is 5.56 Å². The third-order valence-electron chi connectivity index (χ3n) is 4.04. The number of carbonyl (C=O) groups excluding carboxylic acids is 1. The molecule has 6 heteroatoms. The van der Waals surface area contributed by atoms with E-state index in [0.717, 1.165) is 16.4 Å². The van der Waals surface area contributed by atoms with Gasteiger partial charge in [-0.1, -0.05) is 18.2 Å². The van der Waals surface area contributed by atoms with E-state index in [-0.39, 0.29) is 11.5 Å². The molecule has 0 unspecified atom stereocenters. The zero-order chi connectivity index (χ0) is 16.0. The number of amides is 1. The molecule has 0 atom stereocenters. The largest absolute Gasteiger partial charge is 0.308 e. The van der Waals surface area contributed by atoms with Gasteiger partial charge in [0.2, 0.25) is 5.91 Å². The maximum atomic E-state index is 12.9. The summed E-state index contributed by atoms with van der Waals surface area (Å²) in [5.74, 6) is 0.249. The second-order valence-corrected chi connectivity index (χ2v) is 5.32. The summed E-state index contributed by atoms with van der Waals surface area (Å²) in [6, 6.07) is 7.76. The summed E-state index contributed by atoms with van der Waals surface area (Å²) < 4.78 is 3.39. The molecule has 0 aliphatic heterocycles. The molecule has 1 amide bonds. The molecular formula is C16H18N4O2. The van der Waals surface area contributed by atoms with Gasteiger partial charge in [-0.3, -0.25) is 19.2 Å². The highest BCUT2D eigenvalue weighted by Gasteiger charge is 2.22.